The molecule has 1 aromatic heterocycles. The number of nitrogens with one attached hydrogen (secondary N) is 2. The summed E-state index contributed by atoms with van der Waals surface area (Å²) in [6, 6.07) is 3.61. The molecule has 60 valence electrons. The Morgan fingerprint density at radius 2 is 2.55 bits per heavy atom. The molecule has 0 fully saturated rings. The number of anilines is 1. The number of thiophene rings is 1. The van der Waals surface area contributed by atoms with Crippen LogP contribution in [-0.2, 0) is 0 Å². The van der Waals surface area contributed by atoms with Crippen LogP contribution in [-0.4, -0.2) is 12.6 Å². The van der Waals surface area contributed by atoms with Crippen LogP contribution in [0.1, 0.15) is 6.92 Å². The second kappa shape index (κ2) is 3.98. The van der Waals surface area contributed by atoms with Crippen molar-refractivity contribution in [2.75, 3.05) is 11.9 Å². The highest BCUT2D eigenvalue weighted by Gasteiger charge is 1.97. The third-order valence-corrected chi connectivity index (χ3v) is 1.88. The molecule has 2 amide bonds. The molecule has 1 rings (SSSR count). The maximum Gasteiger partial charge on any atom is 0.319 e. The van der Waals surface area contributed by atoms with Gasteiger partial charge in [0.05, 0.1) is 5.00 Å². The first-order valence-electron chi connectivity index (χ1n) is 3.41. The molecule has 2 N–H and O–H groups in total. The molecule has 0 unspecified atom stereocenters. The summed E-state index contributed by atoms with van der Waals surface area (Å²) in [5.74, 6) is 0. The minimum absolute atomic E-state index is 0.144. The van der Waals surface area contributed by atoms with E-state index in [1.54, 1.807) is 0 Å². The van der Waals surface area contributed by atoms with Gasteiger partial charge in [0.25, 0.3) is 0 Å². The minimum atomic E-state index is -0.144. The molecule has 0 radical (unpaired) electrons. The lowest BCUT2D eigenvalue weighted by molar-refractivity contribution is 0.252. The summed E-state index contributed by atoms with van der Waals surface area (Å²) in [7, 11) is 0. The summed E-state index contributed by atoms with van der Waals surface area (Å²) in [6.45, 7) is 2.53. The van der Waals surface area contributed by atoms with E-state index in [9.17, 15) is 4.79 Å². The van der Waals surface area contributed by atoms with Gasteiger partial charge in [-0.3, -0.25) is 5.32 Å². The van der Waals surface area contributed by atoms with E-state index in [1.165, 1.54) is 11.3 Å². The molecule has 0 aliphatic heterocycles. The minimum Gasteiger partial charge on any atom is -0.338 e. The first kappa shape index (κ1) is 8.07. The van der Waals surface area contributed by atoms with Gasteiger partial charge in [0.1, 0.15) is 0 Å². The van der Waals surface area contributed by atoms with Crippen LogP contribution in [0, 0.1) is 0 Å². The Morgan fingerprint density at radius 3 is 3.09 bits per heavy atom. The highest BCUT2D eigenvalue weighted by Crippen LogP contribution is 2.14. The molecular weight excluding hydrogens is 160 g/mol. The number of carbonyl (C=O) groups excluding carboxylic acids is 1. The zero-order valence-corrected chi connectivity index (χ0v) is 7.07. The molecular formula is C7H10N2OS. The van der Waals surface area contributed by atoms with Crippen LogP contribution < -0.4 is 10.6 Å². The fourth-order valence-corrected chi connectivity index (χ4v) is 1.28. The SMILES string of the molecule is CCNC(=O)Nc1cccs1. The summed E-state index contributed by atoms with van der Waals surface area (Å²) >= 11 is 1.51. The van der Waals surface area contributed by atoms with Crippen molar-refractivity contribution in [3.05, 3.63) is 17.5 Å². The summed E-state index contributed by atoms with van der Waals surface area (Å²) in [5, 5.41) is 8.12. The molecule has 0 spiro atoms. The van der Waals surface area contributed by atoms with Gasteiger partial charge in [0.2, 0.25) is 0 Å². The molecule has 3 nitrogen and oxygen atoms in total. The van der Waals surface area contributed by atoms with E-state index in [2.05, 4.69) is 10.6 Å². The van der Waals surface area contributed by atoms with Crippen LogP contribution in [0.3, 0.4) is 0 Å². The molecule has 1 heterocycles. The largest absolute Gasteiger partial charge is 0.338 e. The lowest BCUT2D eigenvalue weighted by atomic mass is 10.6. The summed E-state index contributed by atoms with van der Waals surface area (Å²) < 4.78 is 0. The molecule has 0 aliphatic rings. The Kier molecular flexibility index (Phi) is 2.92. The maximum absolute atomic E-state index is 10.9. The van der Waals surface area contributed by atoms with Gasteiger partial charge in [-0.05, 0) is 24.4 Å². The molecule has 4 heteroatoms. The van der Waals surface area contributed by atoms with Gasteiger partial charge in [-0.2, -0.15) is 0 Å². The van der Waals surface area contributed by atoms with E-state index in [0.29, 0.717) is 6.54 Å². The van der Waals surface area contributed by atoms with E-state index < -0.39 is 0 Å². The van der Waals surface area contributed by atoms with Gasteiger partial charge in [-0.15, -0.1) is 11.3 Å². The quantitative estimate of drug-likeness (QED) is 0.699. The first-order chi connectivity index (χ1) is 5.33. The number of carbonyl (C=O) groups is 1. The van der Waals surface area contributed by atoms with Crippen molar-refractivity contribution in [2.45, 2.75) is 6.92 Å². The average Bonchev–Trinajstić information content (AvgIpc) is 2.40. The lowest BCUT2D eigenvalue weighted by Crippen LogP contribution is -2.27. The highest BCUT2D eigenvalue weighted by molar-refractivity contribution is 7.14. The zero-order valence-electron chi connectivity index (χ0n) is 6.26. The van der Waals surface area contributed by atoms with Crippen LogP contribution in [0.25, 0.3) is 0 Å². The van der Waals surface area contributed by atoms with Crippen molar-refractivity contribution < 1.29 is 4.79 Å². The fourth-order valence-electron chi connectivity index (χ4n) is 0.666. The smallest absolute Gasteiger partial charge is 0.319 e. The van der Waals surface area contributed by atoms with Gasteiger partial charge in [0.15, 0.2) is 0 Å². The van der Waals surface area contributed by atoms with Crippen molar-refractivity contribution >= 4 is 22.4 Å². The van der Waals surface area contributed by atoms with Crippen LogP contribution in [0.15, 0.2) is 17.5 Å². The van der Waals surface area contributed by atoms with Crippen LogP contribution in [0.5, 0.6) is 0 Å². The van der Waals surface area contributed by atoms with Crippen LogP contribution >= 0.6 is 11.3 Å². The first-order valence-corrected chi connectivity index (χ1v) is 4.29. The number of rotatable bonds is 2. The highest BCUT2D eigenvalue weighted by atomic mass is 32.1. The van der Waals surface area contributed by atoms with E-state index in [4.69, 9.17) is 0 Å². The summed E-state index contributed by atoms with van der Waals surface area (Å²) in [6.07, 6.45) is 0. The van der Waals surface area contributed by atoms with Gasteiger partial charge < -0.3 is 5.32 Å². The van der Waals surface area contributed by atoms with Crippen molar-refractivity contribution in [2.24, 2.45) is 0 Å². The number of hydrogen-bond donors (Lipinski definition) is 2. The fraction of sp³-hybridized carbons (Fsp3) is 0.286. The van der Waals surface area contributed by atoms with Crippen molar-refractivity contribution in [1.82, 2.24) is 5.32 Å². The average molecular weight is 170 g/mol. The van der Waals surface area contributed by atoms with Gasteiger partial charge in [0, 0.05) is 6.54 Å². The molecule has 11 heavy (non-hydrogen) atoms. The van der Waals surface area contributed by atoms with Crippen molar-refractivity contribution in [1.29, 1.82) is 0 Å². The number of urea groups is 1. The van der Waals surface area contributed by atoms with Gasteiger partial charge >= 0.3 is 6.03 Å². The lowest BCUT2D eigenvalue weighted by Gasteiger charge is -2.01. The van der Waals surface area contributed by atoms with E-state index >= 15 is 0 Å². The summed E-state index contributed by atoms with van der Waals surface area (Å²) in [4.78, 5) is 10.9. The monoisotopic (exact) mass is 170 g/mol. The third kappa shape index (κ3) is 2.59. The topological polar surface area (TPSA) is 41.1 Å². The Balaban J connectivity index is 2.37. The molecule has 0 saturated carbocycles. The molecule has 0 atom stereocenters. The Morgan fingerprint density at radius 1 is 1.73 bits per heavy atom. The van der Waals surface area contributed by atoms with Gasteiger partial charge in [-0.1, -0.05) is 0 Å². The third-order valence-electron chi connectivity index (χ3n) is 1.10. The molecule has 0 saturated heterocycles. The zero-order chi connectivity index (χ0) is 8.10. The molecule has 0 aromatic carbocycles. The number of hydrogen-bond acceptors (Lipinski definition) is 2. The summed E-state index contributed by atoms with van der Waals surface area (Å²) in [5.41, 5.74) is 0. The normalized spacial score (nSPS) is 9.18. The van der Waals surface area contributed by atoms with E-state index in [1.807, 2.05) is 24.4 Å². The van der Waals surface area contributed by atoms with E-state index in [-0.39, 0.29) is 6.03 Å². The van der Waals surface area contributed by atoms with Crippen LogP contribution in [0.2, 0.25) is 0 Å². The molecule has 0 aliphatic carbocycles. The second-order valence-electron chi connectivity index (χ2n) is 1.96. The predicted octanol–water partition coefficient (Wildman–Crippen LogP) is 1.89. The Labute approximate surface area is 69.4 Å². The predicted molar refractivity (Wildman–Crippen MR) is 47.0 cm³/mol. The van der Waals surface area contributed by atoms with Crippen molar-refractivity contribution in [3.8, 4) is 0 Å². The Bertz CT molecular complexity index is 220. The standard InChI is InChI=1S/C7H10N2OS/c1-2-8-7(10)9-6-4-3-5-11-6/h3-5H,2H2,1H3,(H2,8,9,10). The van der Waals surface area contributed by atoms with Gasteiger partial charge in [-0.25, -0.2) is 4.79 Å². The number of amides is 2. The molecule has 1 aromatic rings. The van der Waals surface area contributed by atoms with E-state index in [0.717, 1.165) is 5.00 Å². The maximum atomic E-state index is 10.9. The second-order valence-corrected chi connectivity index (χ2v) is 2.91. The van der Waals surface area contributed by atoms with Crippen molar-refractivity contribution in [3.63, 3.8) is 0 Å². The molecule has 0 bridgehead atoms. The Hall–Kier alpha value is -1.03. The van der Waals surface area contributed by atoms with Crippen LogP contribution in [0.4, 0.5) is 9.80 Å².